The lowest BCUT2D eigenvalue weighted by molar-refractivity contribution is 0.497. The summed E-state index contributed by atoms with van der Waals surface area (Å²) in [5.41, 5.74) is 1.82. The van der Waals surface area contributed by atoms with Crippen LogP contribution in [0.15, 0.2) is 53.4 Å². The molecule has 2 aromatic rings. The normalized spacial score (nSPS) is 21.0. The van der Waals surface area contributed by atoms with E-state index in [1.165, 1.54) is 0 Å². The lowest BCUT2D eigenvalue weighted by atomic mass is 10.0. The zero-order chi connectivity index (χ0) is 15.0. The first-order valence-electron chi connectivity index (χ1n) is 6.81. The van der Waals surface area contributed by atoms with E-state index in [0.717, 1.165) is 11.1 Å². The van der Waals surface area contributed by atoms with Crippen molar-refractivity contribution in [2.45, 2.75) is 23.9 Å². The molecule has 2 unspecified atom stereocenters. The first-order valence-corrected chi connectivity index (χ1v) is 8.84. The molecule has 0 saturated heterocycles. The second-order valence-corrected chi connectivity index (χ2v) is 7.69. The standard InChI is InChI=1S/C16H16ClNO2S/c1-11(12-6-2-4-8-14(12)17)18-15-10-21(19,20)16-9-5-3-7-13(15)16/h2-9,11,15,18H,10H2,1H3. The second-order valence-electron chi connectivity index (χ2n) is 5.28. The molecule has 1 heterocycles. The molecule has 5 heteroatoms. The first kappa shape index (κ1) is 14.6. The molecule has 0 bridgehead atoms. The Morgan fingerprint density at radius 2 is 1.81 bits per heavy atom. The van der Waals surface area contributed by atoms with Gasteiger partial charge in [0, 0.05) is 17.1 Å². The molecule has 0 aliphatic carbocycles. The van der Waals surface area contributed by atoms with Gasteiger partial charge in [-0.1, -0.05) is 48.0 Å². The van der Waals surface area contributed by atoms with Crippen LogP contribution in [0.3, 0.4) is 0 Å². The summed E-state index contributed by atoms with van der Waals surface area (Å²) in [6.45, 7) is 1.99. The van der Waals surface area contributed by atoms with Crippen molar-refractivity contribution in [1.29, 1.82) is 0 Å². The van der Waals surface area contributed by atoms with Gasteiger partial charge in [-0.3, -0.25) is 0 Å². The van der Waals surface area contributed by atoms with Crippen molar-refractivity contribution in [2.24, 2.45) is 0 Å². The molecule has 0 saturated carbocycles. The highest BCUT2D eigenvalue weighted by Crippen LogP contribution is 2.35. The topological polar surface area (TPSA) is 46.2 Å². The Kier molecular flexibility index (Phi) is 3.78. The Balaban J connectivity index is 1.89. The van der Waals surface area contributed by atoms with E-state index in [0.29, 0.717) is 9.92 Å². The third-order valence-corrected chi connectivity index (χ3v) is 6.00. The fourth-order valence-corrected chi connectivity index (χ4v) is 4.86. The van der Waals surface area contributed by atoms with E-state index in [4.69, 9.17) is 11.6 Å². The molecule has 1 N–H and O–H groups in total. The molecule has 0 radical (unpaired) electrons. The Labute approximate surface area is 129 Å². The summed E-state index contributed by atoms with van der Waals surface area (Å²) in [4.78, 5) is 0.439. The highest BCUT2D eigenvalue weighted by Gasteiger charge is 2.34. The Morgan fingerprint density at radius 1 is 1.14 bits per heavy atom. The van der Waals surface area contributed by atoms with Gasteiger partial charge < -0.3 is 5.32 Å². The third-order valence-electron chi connectivity index (χ3n) is 3.84. The lowest BCUT2D eigenvalue weighted by Gasteiger charge is -2.20. The molecule has 0 spiro atoms. The van der Waals surface area contributed by atoms with E-state index >= 15 is 0 Å². The third kappa shape index (κ3) is 2.71. The highest BCUT2D eigenvalue weighted by molar-refractivity contribution is 7.91. The van der Waals surface area contributed by atoms with Gasteiger partial charge in [0.25, 0.3) is 0 Å². The number of sulfone groups is 1. The molecule has 2 atom stereocenters. The molecule has 0 amide bonds. The average molecular weight is 322 g/mol. The largest absolute Gasteiger partial charge is 0.302 e. The maximum absolute atomic E-state index is 12.2. The second kappa shape index (κ2) is 5.44. The SMILES string of the molecule is CC(NC1CS(=O)(=O)c2ccccc21)c1ccccc1Cl. The van der Waals surface area contributed by atoms with Crippen molar-refractivity contribution in [3.8, 4) is 0 Å². The van der Waals surface area contributed by atoms with Crippen molar-refractivity contribution in [3.05, 3.63) is 64.7 Å². The van der Waals surface area contributed by atoms with E-state index in [2.05, 4.69) is 5.32 Å². The van der Waals surface area contributed by atoms with Crippen molar-refractivity contribution in [3.63, 3.8) is 0 Å². The summed E-state index contributed by atoms with van der Waals surface area (Å²) >= 11 is 6.20. The van der Waals surface area contributed by atoms with Crippen LogP contribution in [-0.2, 0) is 9.84 Å². The molecular formula is C16H16ClNO2S. The molecule has 0 fully saturated rings. The zero-order valence-corrected chi connectivity index (χ0v) is 13.2. The van der Waals surface area contributed by atoms with Crippen molar-refractivity contribution < 1.29 is 8.42 Å². The Bertz CT molecular complexity index is 773. The molecule has 3 nitrogen and oxygen atoms in total. The van der Waals surface area contributed by atoms with Crippen LogP contribution in [0.4, 0.5) is 0 Å². The first-order chi connectivity index (χ1) is 9.99. The maximum atomic E-state index is 12.2. The van der Waals surface area contributed by atoms with E-state index in [9.17, 15) is 8.42 Å². The zero-order valence-electron chi connectivity index (χ0n) is 11.6. The number of hydrogen-bond acceptors (Lipinski definition) is 3. The van der Waals surface area contributed by atoms with Crippen molar-refractivity contribution in [1.82, 2.24) is 5.32 Å². The smallest absolute Gasteiger partial charge is 0.180 e. The van der Waals surface area contributed by atoms with Crippen LogP contribution in [0.2, 0.25) is 5.02 Å². The van der Waals surface area contributed by atoms with Gasteiger partial charge in [0.1, 0.15) is 0 Å². The number of rotatable bonds is 3. The van der Waals surface area contributed by atoms with E-state index in [1.54, 1.807) is 12.1 Å². The lowest BCUT2D eigenvalue weighted by Crippen LogP contribution is -2.26. The van der Waals surface area contributed by atoms with E-state index in [-0.39, 0.29) is 17.8 Å². The summed E-state index contributed by atoms with van der Waals surface area (Å²) in [6, 6.07) is 14.6. The predicted molar refractivity (Wildman–Crippen MR) is 84.2 cm³/mol. The van der Waals surface area contributed by atoms with Gasteiger partial charge in [-0.25, -0.2) is 8.42 Å². The quantitative estimate of drug-likeness (QED) is 0.941. The van der Waals surface area contributed by atoms with Crippen LogP contribution >= 0.6 is 11.6 Å². The van der Waals surface area contributed by atoms with Gasteiger partial charge in [0.15, 0.2) is 9.84 Å². The van der Waals surface area contributed by atoms with Gasteiger partial charge in [0.2, 0.25) is 0 Å². The van der Waals surface area contributed by atoms with Gasteiger partial charge in [0.05, 0.1) is 10.6 Å². The van der Waals surface area contributed by atoms with Gasteiger partial charge in [-0.05, 0) is 30.2 Å². The fraction of sp³-hybridized carbons (Fsp3) is 0.250. The number of nitrogens with one attached hydrogen (secondary N) is 1. The molecule has 0 aromatic heterocycles. The predicted octanol–water partition coefficient (Wildman–Crippen LogP) is 3.52. The number of benzene rings is 2. The molecule has 1 aliphatic heterocycles. The van der Waals surface area contributed by atoms with Gasteiger partial charge >= 0.3 is 0 Å². The van der Waals surface area contributed by atoms with Crippen LogP contribution in [0, 0.1) is 0 Å². The molecule has 21 heavy (non-hydrogen) atoms. The summed E-state index contributed by atoms with van der Waals surface area (Å²) in [6.07, 6.45) is 0. The Morgan fingerprint density at radius 3 is 2.57 bits per heavy atom. The number of fused-ring (bicyclic) bond motifs is 1. The minimum absolute atomic E-state index is 0.0231. The maximum Gasteiger partial charge on any atom is 0.180 e. The van der Waals surface area contributed by atoms with Gasteiger partial charge in [-0.15, -0.1) is 0 Å². The monoisotopic (exact) mass is 321 g/mol. The molecule has 1 aliphatic rings. The van der Waals surface area contributed by atoms with Crippen molar-refractivity contribution >= 4 is 21.4 Å². The molecular weight excluding hydrogens is 306 g/mol. The van der Waals surface area contributed by atoms with Crippen LogP contribution in [0.1, 0.15) is 30.1 Å². The molecule has 3 rings (SSSR count). The van der Waals surface area contributed by atoms with Crippen molar-refractivity contribution in [2.75, 3.05) is 5.75 Å². The molecule has 2 aromatic carbocycles. The average Bonchev–Trinajstić information content (AvgIpc) is 2.71. The van der Waals surface area contributed by atoms with Crippen LogP contribution in [0.5, 0.6) is 0 Å². The van der Waals surface area contributed by atoms with Gasteiger partial charge in [-0.2, -0.15) is 0 Å². The van der Waals surface area contributed by atoms with Crippen LogP contribution < -0.4 is 5.32 Å². The molecule has 110 valence electrons. The minimum Gasteiger partial charge on any atom is -0.302 e. The van der Waals surface area contributed by atoms with Crippen LogP contribution in [-0.4, -0.2) is 14.2 Å². The minimum atomic E-state index is -3.19. The number of hydrogen-bond donors (Lipinski definition) is 1. The summed E-state index contributed by atoms with van der Waals surface area (Å²) in [5.74, 6) is 0.0984. The van der Waals surface area contributed by atoms with E-state index in [1.807, 2.05) is 43.3 Å². The fourth-order valence-electron chi connectivity index (χ4n) is 2.81. The number of halogens is 1. The van der Waals surface area contributed by atoms with Crippen LogP contribution in [0.25, 0.3) is 0 Å². The highest BCUT2D eigenvalue weighted by atomic mass is 35.5. The summed E-state index contributed by atoms with van der Waals surface area (Å²) in [5, 5.41) is 4.07. The summed E-state index contributed by atoms with van der Waals surface area (Å²) in [7, 11) is -3.19. The summed E-state index contributed by atoms with van der Waals surface area (Å²) < 4.78 is 24.4. The van der Waals surface area contributed by atoms with E-state index < -0.39 is 9.84 Å². The Hall–Kier alpha value is -1.36.